The van der Waals surface area contributed by atoms with Gasteiger partial charge >= 0.3 is 0 Å². The SMILES string of the molecule is CC(C)Nc1cc(C(C)(C)C)on1. The highest BCUT2D eigenvalue weighted by Crippen LogP contribution is 2.24. The van der Waals surface area contributed by atoms with E-state index in [1.54, 1.807) is 0 Å². The maximum absolute atomic E-state index is 5.22. The molecule has 0 atom stereocenters. The minimum atomic E-state index is 0.0317. The van der Waals surface area contributed by atoms with E-state index < -0.39 is 0 Å². The number of nitrogens with one attached hydrogen (secondary N) is 1. The molecule has 0 aromatic carbocycles. The number of anilines is 1. The molecule has 0 aliphatic rings. The molecule has 0 spiro atoms. The number of hydrogen-bond acceptors (Lipinski definition) is 3. The summed E-state index contributed by atoms with van der Waals surface area (Å²) in [6, 6.07) is 2.35. The van der Waals surface area contributed by atoms with Crippen LogP contribution in [0.4, 0.5) is 5.82 Å². The van der Waals surface area contributed by atoms with Crippen molar-refractivity contribution < 1.29 is 4.52 Å². The smallest absolute Gasteiger partial charge is 0.169 e. The zero-order valence-electron chi connectivity index (χ0n) is 9.01. The first-order chi connectivity index (χ1) is 5.89. The van der Waals surface area contributed by atoms with E-state index >= 15 is 0 Å². The summed E-state index contributed by atoms with van der Waals surface area (Å²) in [5, 5.41) is 7.13. The average Bonchev–Trinajstić information content (AvgIpc) is 2.32. The number of rotatable bonds is 2. The first-order valence-electron chi connectivity index (χ1n) is 4.63. The van der Waals surface area contributed by atoms with Gasteiger partial charge in [0, 0.05) is 17.5 Å². The van der Waals surface area contributed by atoms with E-state index in [9.17, 15) is 0 Å². The number of hydrogen-bond donors (Lipinski definition) is 1. The third kappa shape index (κ3) is 2.76. The molecule has 1 rings (SSSR count). The molecule has 0 saturated carbocycles. The van der Waals surface area contributed by atoms with Crippen LogP contribution in [0.5, 0.6) is 0 Å². The van der Waals surface area contributed by atoms with Crippen molar-refractivity contribution in [1.29, 1.82) is 0 Å². The largest absolute Gasteiger partial charge is 0.365 e. The van der Waals surface area contributed by atoms with Gasteiger partial charge in [0.2, 0.25) is 0 Å². The van der Waals surface area contributed by atoms with Gasteiger partial charge in [-0.25, -0.2) is 0 Å². The lowest BCUT2D eigenvalue weighted by Gasteiger charge is -2.12. The van der Waals surface area contributed by atoms with Crippen molar-refractivity contribution in [2.24, 2.45) is 0 Å². The zero-order valence-corrected chi connectivity index (χ0v) is 9.01. The predicted molar refractivity (Wildman–Crippen MR) is 54.0 cm³/mol. The molecule has 1 heterocycles. The lowest BCUT2D eigenvalue weighted by Crippen LogP contribution is -2.10. The van der Waals surface area contributed by atoms with Crippen LogP contribution >= 0.6 is 0 Å². The normalized spacial score (nSPS) is 12.2. The van der Waals surface area contributed by atoms with Gasteiger partial charge in [0.05, 0.1) is 0 Å². The summed E-state index contributed by atoms with van der Waals surface area (Å²) in [5.41, 5.74) is 0.0317. The Morgan fingerprint density at radius 3 is 2.38 bits per heavy atom. The lowest BCUT2D eigenvalue weighted by atomic mass is 9.93. The Labute approximate surface area is 79.5 Å². The van der Waals surface area contributed by atoms with Gasteiger partial charge in [0.1, 0.15) is 5.76 Å². The molecule has 0 aliphatic heterocycles. The van der Waals surface area contributed by atoms with Crippen LogP contribution in [0.3, 0.4) is 0 Å². The van der Waals surface area contributed by atoms with E-state index in [1.807, 2.05) is 6.07 Å². The molecule has 0 saturated heterocycles. The fourth-order valence-corrected chi connectivity index (χ4v) is 0.992. The van der Waals surface area contributed by atoms with Crippen molar-refractivity contribution in [2.45, 2.75) is 46.1 Å². The maximum atomic E-state index is 5.22. The third-order valence-corrected chi connectivity index (χ3v) is 1.69. The van der Waals surface area contributed by atoms with Gasteiger partial charge in [-0.2, -0.15) is 0 Å². The predicted octanol–water partition coefficient (Wildman–Crippen LogP) is 2.79. The van der Waals surface area contributed by atoms with Gasteiger partial charge in [0.15, 0.2) is 5.82 Å². The first-order valence-corrected chi connectivity index (χ1v) is 4.63. The molecule has 74 valence electrons. The molecular weight excluding hydrogens is 164 g/mol. The molecule has 0 fully saturated rings. The van der Waals surface area contributed by atoms with E-state index in [1.165, 1.54) is 0 Å². The molecule has 3 nitrogen and oxygen atoms in total. The van der Waals surface area contributed by atoms with Gasteiger partial charge in [-0.15, -0.1) is 0 Å². The van der Waals surface area contributed by atoms with Crippen LogP contribution in [0.1, 0.15) is 40.4 Å². The highest BCUT2D eigenvalue weighted by atomic mass is 16.5. The summed E-state index contributed by atoms with van der Waals surface area (Å²) < 4.78 is 5.22. The van der Waals surface area contributed by atoms with Crippen molar-refractivity contribution in [2.75, 3.05) is 5.32 Å². The van der Waals surface area contributed by atoms with Crippen molar-refractivity contribution in [1.82, 2.24) is 5.16 Å². The van der Waals surface area contributed by atoms with Crippen LogP contribution < -0.4 is 5.32 Å². The molecule has 13 heavy (non-hydrogen) atoms. The van der Waals surface area contributed by atoms with Crippen LogP contribution in [0.25, 0.3) is 0 Å². The molecule has 1 aromatic heterocycles. The highest BCUT2D eigenvalue weighted by molar-refractivity contribution is 5.36. The highest BCUT2D eigenvalue weighted by Gasteiger charge is 2.19. The van der Waals surface area contributed by atoms with E-state index in [0.29, 0.717) is 6.04 Å². The Bertz CT molecular complexity index is 271. The minimum absolute atomic E-state index is 0.0317. The second-order valence-corrected chi connectivity index (χ2v) is 4.63. The summed E-state index contributed by atoms with van der Waals surface area (Å²) in [6.07, 6.45) is 0. The molecular formula is C10H18N2O. The van der Waals surface area contributed by atoms with Gasteiger partial charge in [0.25, 0.3) is 0 Å². The van der Waals surface area contributed by atoms with Crippen LogP contribution in [0, 0.1) is 0 Å². The second-order valence-electron chi connectivity index (χ2n) is 4.63. The van der Waals surface area contributed by atoms with Crippen molar-refractivity contribution >= 4 is 5.82 Å². The molecule has 0 unspecified atom stereocenters. The topological polar surface area (TPSA) is 38.1 Å². The zero-order chi connectivity index (χ0) is 10.1. The Morgan fingerprint density at radius 1 is 1.38 bits per heavy atom. The molecule has 3 heteroatoms. The van der Waals surface area contributed by atoms with E-state index in [2.05, 4.69) is 45.1 Å². The van der Waals surface area contributed by atoms with Crippen LogP contribution in [0.15, 0.2) is 10.6 Å². The fourth-order valence-electron chi connectivity index (χ4n) is 0.992. The van der Waals surface area contributed by atoms with Crippen molar-refractivity contribution in [3.05, 3.63) is 11.8 Å². The average molecular weight is 182 g/mol. The maximum Gasteiger partial charge on any atom is 0.169 e. The Morgan fingerprint density at radius 2 is 2.00 bits per heavy atom. The Hall–Kier alpha value is -0.990. The van der Waals surface area contributed by atoms with Gasteiger partial charge < -0.3 is 9.84 Å². The molecule has 0 bridgehead atoms. The van der Waals surface area contributed by atoms with Gasteiger partial charge in [-0.1, -0.05) is 25.9 Å². The first kappa shape index (κ1) is 10.1. The van der Waals surface area contributed by atoms with E-state index in [4.69, 9.17) is 4.52 Å². The van der Waals surface area contributed by atoms with E-state index in [-0.39, 0.29) is 5.41 Å². The fraction of sp³-hybridized carbons (Fsp3) is 0.700. The molecule has 0 radical (unpaired) electrons. The van der Waals surface area contributed by atoms with E-state index in [0.717, 1.165) is 11.6 Å². The standard InChI is InChI=1S/C10H18N2O/c1-7(2)11-9-6-8(13-12-9)10(3,4)5/h6-7H,1-5H3,(H,11,12). The van der Waals surface area contributed by atoms with Crippen LogP contribution in [0.2, 0.25) is 0 Å². The summed E-state index contributed by atoms with van der Waals surface area (Å²) in [4.78, 5) is 0. The monoisotopic (exact) mass is 182 g/mol. The molecule has 1 aromatic rings. The minimum Gasteiger partial charge on any atom is -0.365 e. The Kier molecular flexibility index (Phi) is 2.64. The quantitative estimate of drug-likeness (QED) is 0.764. The van der Waals surface area contributed by atoms with Gasteiger partial charge in [-0.3, -0.25) is 0 Å². The second kappa shape index (κ2) is 3.40. The van der Waals surface area contributed by atoms with Crippen molar-refractivity contribution in [3.63, 3.8) is 0 Å². The summed E-state index contributed by atoms with van der Waals surface area (Å²) in [6.45, 7) is 10.5. The summed E-state index contributed by atoms with van der Waals surface area (Å²) in [5.74, 6) is 1.73. The third-order valence-electron chi connectivity index (χ3n) is 1.69. The van der Waals surface area contributed by atoms with Crippen LogP contribution in [-0.2, 0) is 5.41 Å². The summed E-state index contributed by atoms with van der Waals surface area (Å²) >= 11 is 0. The Balaban J connectivity index is 2.75. The van der Waals surface area contributed by atoms with Crippen molar-refractivity contribution in [3.8, 4) is 0 Å². The number of nitrogens with zero attached hydrogens (tertiary/aromatic N) is 1. The van der Waals surface area contributed by atoms with Gasteiger partial charge in [-0.05, 0) is 13.8 Å². The number of aromatic nitrogens is 1. The molecule has 1 N–H and O–H groups in total. The molecule has 0 aliphatic carbocycles. The summed E-state index contributed by atoms with van der Waals surface area (Å²) in [7, 11) is 0. The van der Waals surface area contributed by atoms with Crippen LogP contribution in [-0.4, -0.2) is 11.2 Å². The lowest BCUT2D eigenvalue weighted by molar-refractivity contribution is 0.330. The molecule has 0 amide bonds.